The van der Waals surface area contributed by atoms with Crippen LogP contribution >= 0.6 is 0 Å². The number of aryl methyl sites for hydroxylation is 2. The van der Waals surface area contributed by atoms with Crippen molar-refractivity contribution < 1.29 is 21.6 Å². The van der Waals surface area contributed by atoms with Crippen molar-refractivity contribution in [3.05, 3.63) is 89.0 Å². The van der Waals surface area contributed by atoms with Gasteiger partial charge in [-0.1, -0.05) is 35.4 Å². The van der Waals surface area contributed by atoms with Crippen molar-refractivity contribution in [3.8, 4) is 0 Å². The molecule has 8 heteroatoms. The van der Waals surface area contributed by atoms with Crippen molar-refractivity contribution in [2.45, 2.75) is 29.4 Å². The fourth-order valence-electron chi connectivity index (χ4n) is 2.86. The minimum Gasteiger partial charge on any atom is -0.298 e. The first-order chi connectivity index (χ1) is 14.1. The van der Waals surface area contributed by atoms with Crippen molar-refractivity contribution in [3.63, 3.8) is 0 Å². The van der Waals surface area contributed by atoms with Gasteiger partial charge in [-0.2, -0.15) is 0 Å². The summed E-state index contributed by atoms with van der Waals surface area (Å²) in [6, 6.07) is 16.9. The second kappa shape index (κ2) is 8.41. The molecule has 0 aromatic heterocycles. The number of hydrogen-bond acceptors (Lipinski definition) is 5. The number of rotatable bonds is 7. The zero-order chi connectivity index (χ0) is 21.9. The molecule has 0 aliphatic heterocycles. The minimum atomic E-state index is -3.93. The summed E-state index contributed by atoms with van der Waals surface area (Å²) >= 11 is 0. The van der Waals surface area contributed by atoms with Gasteiger partial charge in [0.05, 0.1) is 21.2 Å². The number of sulfone groups is 1. The molecule has 30 heavy (non-hydrogen) atoms. The molecule has 0 fully saturated rings. The van der Waals surface area contributed by atoms with E-state index in [9.17, 15) is 21.6 Å². The molecule has 3 aromatic carbocycles. The highest BCUT2D eigenvalue weighted by Gasteiger charge is 2.21. The second-order valence-corrected chi connectivity index (χ2v) is 10.7. The molecule has 6 nitrogen and oxygen atoms in total. The molecule has 0 heterocycles. The monoisotopic (exact) mass is 443 g/mol. The fourth-order valence-corrected chi connectivity index (χ4v) is 5.33. The predicted molar refractivity (Wildman–Crippen MR) is 116 cm³/mol. The number of nitrogens with one attached hydrogen (secondary N) is 1. The number of aldehydes is 1. The van der Waals surface area contributed by atoms with Crippen LogP contribution in [0.3, 0.4) is 0 Å². The molecule has 0 atom stereocenters. The summed E-state index contributed by atoms with van der Waals surface area (Å²) in [6.07, 6.45) is 0.584. The van der Waals surface area contributed by atoms with Crippen LogP contribution in [0.25, 0.3) is 0 Å². The van der Waals surface area contributed by atoms with Crippen LogP contribution in [0.1, 0.15) is 27.0 Å². The molecule has 0 unspecified atom stereocenters. The first-order valence-electron chi connectivity index (χ1n) is 9.08. The first kappa shape index (κ1) is 21.7. The third-order valence-electron chi connectivity index (χ3n) is 4.57. The summed E-state index contributed by atoms with van der Waals surface area (Å²) in [5.74, 6) is -0.455. The van der Waals surface area contributed by atoms with Gasteiger partial charge >= 0.3 is 0 Å². The Morgan fingerprint density at radius 2 is 1.30 bits per heavy atom. The molecular weight excluding hydrogens is 422 g/mol. The van der Waals surface area contributed by atoms with E-state index in [1.165, 1.54) is 42.5 Å². The normalized spacial score (nSPS) is 11.8. The van der Waals surface area contributed by atoms with Gasteiger partial charge in [0.25, 0.3) is 10.0 Å². The Kier molecular flexibility index (Phi) is 6.09. The van der Waals surface area contributed by atoms with Gasteiger partial charge in [-0.25, -0.2) is 16.8 Å². The van der Waals surface area contributed by atoms with E-state index in [-0.39, 0.29) is 26.6 Å². The molecule has 0 bridgehead atoms. The maximum Gasteiger partial charge on any atom is 0.261 e. The Morgan fingerprint density at radius 3 is 1.83 bits per heavy atom. The molecule has 0 amide bonds. The summed E-state index contributed by atoms with van der Waals surface area (Å²) < 4.78 is 53.7. The second-order valence-electron chi connectivity index (χ2n) is 7.03. The highest BCUT2D eigenvalue weighted by molar-refractivity contribution is 7.92. The highest BCUT2D eigenvalue weighted by atomic mass is 32.2. The number of benzene rings is 3. The summed E-state index contributed by atoms with van der Waals surface area (Å²) in [7, 11) is -7.69. The predicted octanol–water partition coefficient (Wildman–Crippen LogP) is 3.89. The van der Waals surface area contributed by atoms with Crippen molar-refractivity contribution in [1.29, 1.82) is 0 Å². The van der Waals surface area contributed by atoms with Crippen molar-refractivity contribution in [2.75, 3.05) is 4.72 Å². The average molecular weight is 444 g/mol. The average Bonchev–Trinajstić information content (AvgIpc) is 2.69. The first-order valence-corrected chi connectivity index (χ1v) is 12.2. The molecule has 0 saturated carbocycles. The number of carbonyl (C=O) groups is 1. The van der Waals surface area contributed by atoms with E-state index >= 15 is 0 Å². The van der Waals surface area contributed by atoms with E-state index in [0.29, 0.717) is 6.29 Å². The number of sulfonamides is 1. The topological polar surface area (TPSA) is 97.4 Å². The molecule has 0 aliphatic rings. The van der Waals surface area contributed by atoms with E-state index in [1.54, 1.807) is 24.3 Å². The van der Waals surface area contributed by atoms with Gasteiger partial charge in [-0.05, 0) is 61.9 Å². The number of anilines is 1. The lowest BCUT2D eigenvalue weighted by molar-refractivity contribution is 0.112. The van der Waals surface area contributed by atoms with Crippen molar-refractivity contribution >= 4 is 31.8 Å². The van der Waals surface area contributed by atoms with Crippen LogP contribution in [-0.2, 0) is 25.6 Å². The Hall–Kier alpha value is -2.97. The lowest BCUT2D eigenvalue weighted by Crippen LogP contribution is -2.16. The summed E-state index contributed by atoms with van der Waals surface area (Å²) in [5.41, 5.74) is 2.38. The molecule has 1 N–H and O–H groups in total. The molecule has 3 rings (SSSR count). The Bertz CT molecular complexity index is 1280. The summed E-state index contributed by atoms with van der Waals surface area (Å²) in [4.78, 5) is 11.4. The van der Waals surface area contributed by atoms with E-state index in [4.69, 9.17) is 0 Å². The molecule has 156 valence electrons. The van der Waals surface area contributed by atoms with Crippen LogP contribution in [0.4, 0.5) is 5.69 Å². The van der Waals surface area contributed by atoms with Gasteiger partial charge < -0.3 is 0 Å². The van der Waals surface area contributed by atoms with Crippen molar-refractivity contribution in [2.24, 2.45) is 0 Å². The van der Waals surface area contributed by atoms with Crippen LogP contribution in [0.5, 0.6) is 0 Å². The fraction of sp³-hybridized carbons (Fsp3) is 0.136. The van der Waals surface area contributed by atoms with Crippen LogP contribution in [0.2, 0.25) is 0 Å². The quantitative estimate of drug-likeness (QED) is 0.559. The molecule has 0 aliphatic carbocycles. The number of hydrogen-bond donors (Lipinski definition) is 1. The van der Waals surface area contributed by atoms with Crippen LogP contribution in [0, 0.1) is 13.8 Å². The lowest BCUT2D eigenvalue weighted by atomic mass is 10.1. The molecule has 0 spiro atoms. The van der Waals surface area contributed by atoms with Crippen molar-refractivity contribution in [1.82, 2.24) is 0 Å². The zero-order valence-electron chi connectivity index (χ0n) is 16.5. The summed E-state index contributed by atoms with van der Waals surface area (Å²) in [5, 5.41) is 0. The Morgan fingerprint density at radius 1 is 0.767 bits per heavy atom. The summed E-state index contributed by atoms with van der Waals surface area (Å²) in [6.45, 7) is 3.69. The lowest BCUT2D eigenvalue weighted by Gasteiger charge is -2.14. The zero-order valence-corrected chi connectivity index (χ0v) is 18.1. The van der Waals surface area contributed by atoms with Crippen LogP contribution in [-0.4, -0.2) is 23.1 Å². The largest absolute Gasteiger partial charge is 0.298 e. The maximum atomic E-state index is 12.9. The van der Waals surface area contributed by atoms with Gasteiger partial charge in [0.1, 0.15) is 6.29 Å². The number of carbonyl (C=O) groups excluding carboxylic acids is 1. The standard InChI is InChI=1S/C22H21NO5S2/c1-16-3-8-20(9-4-16)29(25,26)15-19-13-18(14-24)7-12-22(19)23-30(27,28)21-10-5-17(2)6-11-21/h3-14,23H,15H2,1-2H3. The van der Waals surface area contributed by atoms with E-state index in [0.717, 1.165) is 11.1 Å². The minimum absolute atomic E-state index is 0.0555. The van der Waals surface area contributed by atoms with Crippen LogP contribution < -0.4 is 4.72 Å². The SMILES string of the molecule is Cc1ccc(S(=O)(=O)Cc2cc(C=O)ccc2NS(=O)(=O)c2ccc(C)cc2)cc1. The Labute approximate surface area is 176 Å². The molecule has 0 radical (unpaired) electrons. The highest BCUT2D eigenvalue weighted by Crippen LogP contribution is 2.26. The Balaban J connectivity index is 1.99. The molecule has 3 aromatic rings. The van der Waals surface area contributed by atoms with Gasteiger partial charge in [0.15, 0.2) is 9.84 Å². The third-order valence-corrected chi connectivity index (χ3v) is 7.63. The molecule has 0 saturated heterocycles. The third kappa shape index (κ3) is 4.95. The van der Waals surface area contributed by atoms with Gasteiger partial charge in [0, 0.05) is 5.56 Å². The van der Waals surface area contributed by atoms with E-state index in [2.05, 4.69) is 4.72 Å². The smallest absolute Gasteiger partial charge is 0.261 e. The van der Waals surface area contributed by atoms with Gasteiger partial charge in [0.2, 0.25) is 0 Å². The maximum absolute atomic E-state index is 12.9. The molecular formula is C22H21NO5S2. The van der Waals surface area contributed by atoms with Gasteiger partial charge in [-0.15, -0.1) is 0 Å². The van der Waals surface area contributed by atoms with E-state index < -0.39 is 25.6 Å². The van der Waals surface area contributed by atoms with E-state index in [1.807, 2.05) is 13.8 Å². The van der Waals surface area contributed by atoms with Crippen LogP contribution in [0.15, 0.2) is 76.5 Å². The van der Waals surface area contributed by atoms with Gasteiger partial charge in [-0.3, -0.25) is 9.52 Å².